The van der Waals surface area contributed by atoms with Crippen molar-refractivity contribution in [3.8, 4) is 11.6 Å². The van der Waals surface area contributed by atoms with Gasteiger partial charge in [-0.2, -0.15) is 0 Å². The summed E-state index contributed by atoms with van der Waals surface area (Å²) in [5.74, 6) is -0.254. The van der Waals surface area contributed by atoms with Gasteiger partial charge in [0.25, 0.3) is 11.8 Å². The highest BCUT2D eigenvalue weighted by Gasteiger charge is 2.36. The largest absolute Gasteiger partial charge is 0.465 e. The summed E-state index contributed by atoms with van der Waals surface area (Å²) in [5, 5.41) is 23.3. The molecule has 0 aliphatic carbocycles. The number of carbonyl (C=O) groups excluding carboxylic acids is 2. The molecule has 1 saturated heterocycles. The second-order valence-electron chi connectivity index (χ2n) is 10.5. The molecule has 0 spiro atoms. The number of carbonyl (C=O) groups is 3. The number of benzene rings is 1. The number of likely N-dealkylation sites (tertiary alicyclic amines) is 1. The van der Waals surface area contributed by atoms with Gasteiger partial charge in [-0.25, -0.2) is 14.8 Å². The van der Waals surface area contributed by atoms with Gasteiger partial charge < -0.3 is 24.6 Å². The van der Waals surface area contributed by atoms with Crippen molar-refractivity contribution in [3.05, 3.63) is 75.6 Å². The minimum Gasteiger partial charge on any atom is -0.465 e. The van der Waals surface area contributed by atoms with Crippen molar-refractivity contribution in [3.63, 3.8) is 0 Å². The number of nitrogens with zero attached hydrogens (tertiary/aromatic N) is 6. The van der Waals surface area contributed by atoms with Gasteiger partial charge in [0, 0.05) is 43.6 Å². The maximum atomic E-state index is 13.9. The Hall–Kier alpha value is -4.65. The van der Waals surface area contributed by atoms with Crippen LogP contribution in [0.25, 0.3) is 11.6 Å². The lowest BCUT2D eigenvalue weighted by atomic mass is 9.93. The fraction of sp³-hybridized carbons (Fsp3) is 0.345. The molecule has 0 radical (unpaired) electrons. The van der Waals surface area contributed by atoms with Crippen molar-refractivity contribution in [1.82, 2.24) is 30.4 Å². The number of amides is 3. The third kappa shape index (κ3) is 6.00. The number of aromatic nitrogens is 4. The van der Waals surface area contributed by atoms with Crippen LogP contribution in [0.1, 0.15) is 65.2 Å². The zero-order chi connectivity index (χ0) is 30.0. The van der Waals surface area contributed by atoms with E-state index in [0.717, 1.165) is 29.1 Å². The van der Waals surface area contributed by atoms with Gasteiger partial charge in [0.15, 0.2) is 0 Å². The summed E-state index contributed by atoms with van der Waals surface area (Å²) in [7, 11) is 1.56. The van der Waals surface area contributed by atoms with E-state index in [9.17, 15) is 19.5 Å². The predicted molar refractivity (Wildman–Crippen MR) is 155 cm³/mol. The van der Waals surface area contributed by atoms with Crippen LogP contribution in [0.4, 0.5) is 10.6 Å². The number of carboxylic acid groups (broad SMARTS) is 1. The van der Waals surface area contributed by atoms with E-state index in [2.05, 4.69) is 25.5 Å². The van der Waals surface area contributed by atoms with Crippen LogP contribution in [-0.4, -0.2) is 61.7 Å². The van der Waals surface area contributed by atoms with Crippen LogP contribution in [0.5, 0.6) is 0 Å². The first-order valence-electron chi connectivity index (χ1n) is 13.4. The number of thiazole rings is 1. The Morgan fingerprint density at radius 1 is 1.19 bits per heavy atom. The molecule has 0 unspecified atom stereocenters. The van der Waals surface area contributed by atoms with E-state index in [0.29, 0.717) is 12.1 Å². The molecule has 3 aromatic heterocycles. The zero-order valence-electron chi connectivity index (χ0n) is 23.7. The number of pyridine rings is 1. The summed E-state index contributed by atoms with van der Waals surface area (Å²) >= 11 is 1.53. The van der Waals surface area contributed by atoms with E-state index in [1.54, 1.807) is 31.0 Å². The lowest BCUT2D eigenvalue weighted by Crippen LogP contribution is -2.44. The summed E-state index contributed by atoms with van der Waals surface area (Å²) in [6, 6.07) is 12.3. The van der Waals surface area contributed by atoms with Gasteiger partial charge in [-0.15, -0.1) is 21.5 Å². The Bertz CT molecular complexity index is 1620. The van der Waals surface area contributed by atoms with Gasteiger partial charge in [-0.05, 0) is 44.4 Å². The zero-order valence-corrected chi connectivity index (χ0v) is 24.5. The maximum Gasteiger partial charge on any atom is 0.405 e. The van der Waals surface area contributed by atoms with Crippen LogP contribution in [0.15, 0.2) is 52.3 Å². The van der Waals surface area contributed by atoms with E-state index >= 15 is 0 Å². The second-order valence-corrected chi connectivity index (χ2v) is 11.4. The third-order valence-corrected chi connectivity index (χ3v) is 8.27. The minimum atomic E-state index is -1.25. The van der Waals surface area contributed by atoms with Gasteiger partial charge in [0.2, 0.25) is 11.8 Å². The topological polar surface area (TPSA) is 155 Å². The number of nitrogens with one attached hydrogen (secondary N) is 1. The molecule has 5 rings (SSSR count). The summed E-state index contributed by atoms with van der Waals surface area (Å²) in [6.45, 7) is 5.55. The summed E-state index contributed by atoms with van der Waals surface area (Å²) in [5.41, 5.74) is 1.01. The van der Waals surface area contributed by atoms with Crippen molar-refractivity contribution in [1.29, 1.82) is 0 Å². The summed E-state index contributed by atoms with van der Waals surface area (Å²) in [4.78, 5) is 50.1. The van der Waals surface area contributed by atoms with E-state index in [1.807, 2.05) is 42.6 Å². The molecule has 1 aliphatic heterocycles. The van der Waals surface area contributed by atoms with Crippen molar-refractivity contribution >= 4 is 35.1 Å². The van der Waals surface area contributed by atoms with Crippen LogP contribution >= 0.6 is 11.3 Å². The van der Waals surface area contributed by atoms with Crippen LogP contribution in [0.3, 0.4) is 0 Å². The SMILES string of the molecule is CC(=O)N(C)c1cc(C(=O)N2CCC[C@@H]2c2nc(C)cs2)cc(-c2nnc([C@@](C)(Cc3ccccc3)NC(=O)O)o2)n1. The molecule has 1 aliphatic rings. The van der Waals surface area contributed by atoms with E-state index in [1.165, 1.54) is 23.2 Å². The Labute approximate surface area is 246 Å². The van der Waals surface area contributed by atoms with Gasteiger partial charge >= 0.3 is 6.09 Å². The first kappa shape index (κ1) is 28.9. The molecular formula is C29H31N7O5S. The molecule has 2 atom stereocenters. The van der Waals surface area contributed by atoms with E-state index in [-0.39, 0.29) is 47.6 Å². The number of aryl methyl sites for hydroxylation is 1. The van der Waals surface area contributed by atoms with Gasteiger partial charge in [0.05, 0.1) is 6.04 Å². The van der Waals surface area contributed by atoms with E-state index in [4.69, 9.17) is 4.42 Å². The quantitative estimate of drug-likeness (QED) is 0.300. The minimum absolute atomic E-state index is 0.0159. The van der Waals surface area contributed by atoms with Gasteiger partial charge in [-0.1, -0.05) is 30.3 Å². The predicted octanol–water partition coefficient (Wildman–Crippen LogP) is 4.58. The fourth-order valence-corrected chi connectivity index (χ4v) is 5.95. The molecule has 1 fully saturated rings. The molecule has 0 saturated carbocycles. The van der Waals surface area contributed by atoms with E-state index < -0.39 is 11.6 Å². The van der Waals surface area contributed by atoms with Crippen LogP contribution in [0, 0.1) is 6.92 Å². The van der Waals surface area contributed by atoms with Crippen molar-refractivity contribution < 1.29 is 23.9 Å². The van der Waals surface area contributed by atoms with Crippen molar-refractivity contribution in [2.45, 2.75) is 51.6 Å². The maximum absolute atomic E-state index is 13.9. The standard InChI is InChI=1S/C29H31N7O5S/c1-17-16-42-25(30-17)22-11-8-12-36(22)26(38)20-13-21(31-23(14-20)35(4)18(2)37)24-33-34-27(41-24)29(3,32-28(39)40)15-19-9-6-5-7-10-19/h5-7,9-10,13-14,16,22,32H,8,11-12,15H2,1-4H3,(H,39,40)/t22-,29-/m1/s1. The average molecular weight is 590 g/mol. The highest BCUT2D eigenvalue weighted by atomic mass is 32.1. The molecule has 42 heavy (non-hydrogen) atoms. The molecule has 3 amide bonds. The third-order valence-electron chi connectivity index (χ3n) is 7.21. The van der Waals surface area contributed by atoms with Crippen LogP contribution < -0.4 is 10.2 Å². The summed E-state index contributed by atoms with van der Waals surface area (Å²) in [6.07, 6.45) is 0.649. The average Bonchev–Trinajstić information content (AvgIpc) is 3.73. The monoisotopic (exact) mass is 589 g/mol. The highest BCUT2D eigenvalue weighted by Crippen LogP contribution is 2.36. The Morgan fingerprint density at radius 2 is 1.95 bits per heavy atom. The number of hydrogen-bond donors (Lipinski definition) is 2. The molecule has 0 bridgehead atoms. The lowest BCUT2D eigenvalue weighted by Gasteiger charge is -2.25. The van der Waals surface area contributed by atoms with Gasteiger partial charge in [-0.3, -0.25) is 9.59 Å². The number of rotatable bonds is 8. The lowest BCUT2D eigenvalue weighted by molar-refractivity contribution is -0.116. The Morgan fingerprint density at radius 3 is 2.62 bits per heavy atom. The molecule has 1 aromatic carbocycles. The normalized spacial score (nSPS) is 16.2. The molecule has 4 aromatic rings. The number of hydrogen-bond acceptors (Lipinski definition) is 9. The second kappa shape index (κ2) is 11.7. The first-order valence-corrected chi connectivity index (χ1v) is 14.3. The Balaban J connectivity index is 1.52. The van der Waals surface area contributed by atoms with Gasteiger partial charge in [0.1, 0.15) is 22.1 Å². The smallest absolute Gasteiger partial charge is 0.405 e. The van der Waals surface area contributed by atoms with Crippen molar-refractivity contribution in [2.24, 2.45) is 0 Å². The molecule has 4 heterocycles. The van der Waals surface area contributed by atoms with Crippen LogP contribution in [0.2, 0.25) is 0 Å². The highest BCUT2D eigenvalue weighted by molar-refractivity contribution is 7.09. The molecule has 13 heteroatoms. The molecule has 12 nitrogen and oxygen atoms in total. The van der Waals surface area contributed by atoms with Crippen LogP contribution in [-0.2, 0) is 16.8 Å². The number of anilines is 1. The first-order chi connectivity index (χ1) is 20.0. The molecular weight excluding hydrogens is 558 g/mol. The molecule has 2 N–H and O–H groups in total. The summed E-state index contributed by atoms with van der Waals surface area (Å²) < 4.78 is 6.01. The fourth-order valence-electron chi connectivity index (χ4n) is 5.00. The Kier molecular flexibility index (Phi) is 8.03. The van der Waals surface area contributed by atoms with Crippen molar-refractivity contribution in [2.75, 3.05) is 18.5 Å². The molecule has 218 valence electrons.